The molecule has 1 aliphatic heterocycles. The first-order chi connectivity index (χ1) is 13.4. The van der Waals surface area contributed by atoms with Gasteiger partial charge < -0.3 is 10.1 Å². The van der Waals surface area contributed by atoms with Crippen LogP contribution in [0.1, 0.15) is 7.75 Å². The first-order valence-corrected chi connectivity index (χ1v) is 8.97. The molecule has 3 aromatic rings. The summed E-state index contributed by atoms with van der Waals surface area (Å²) in [6.45, 7) is 1.25. The van der Waals surface area contributed by atoms with Gasteiger partial charge in [0.15, 0.2) is 5.01 Å². The average Bonchev–Trinajstić information content (AvgIpc) is 3.14. The van der Waals surface area contributed by atoms with Gasteiger partial charge in [0.25, 0.3) is 0 Å². The van der Waals surface area contributed by atoms with Crippen molar-refractivity contribution in [1.82, 2.24) is 25.1 Å². The lowest BCUT2D eigenvalue weighted by molar-refractivity contribution is -0.118. The van der Waals surface area contributed by atoms with Gasteiger partial charge in [0.1, 0.15) is 16.5 Å². The highest BCUT2D eigenvalue weighted by atomic mass is 32.1. The van der Waals surface area contributed by atoms with Crippen molar-refractivity contribution in [2.45, 2.75) is 6.92 Å². The molecule has 1 N–H and O–H groups in total. The number of anilines is 1. The van der Waals surface area contributed by atoms with Crippen LogP contribution >= 0.6 is 11.3 Å². The average molecular weight is 372 g/mol. The number of aryl methyl sites for hydroxylation is 1. The third-order valence-corrected chi connectivity index (χ3v) is 4.69. The van der Waals surface area contributed by atoms with E-state index in [1.807, 2.05) is 19.1 Å². The Balaban J connectivity index is 1.57. The summed E-state index contributed by atoms with van der Waals surface area (Å²) in [5, 5.41) is 13.0. The van der Waals surface area contributed by atoms with Crippen LogP contribution < -0.4 is 5.32 Å². The molecule has 26 heavy (non-hydrogen) atoms. The number of hydrogen-bond acceptors (Lipinski definition) is 8. The van der Waals surface area contributed by atoms with E-state index in [0.717, 1.165) is 10.4 Å². The summed E-state index contributed by atoms with van der Waals surface area (Å²) in [5.41, 5.74) is 1.31. The van der Waals surface area contributed by atoms with E-state index in [1.54, 1.807) is 12.3 Å². The van der Waals surface area contributed by atoms with Crippen molar-refractivity contribution in [2.24, 2.45) is 0 Å². The zero-order valence-corrected chi connectivity index (χ0v) is 14.9. The second kappa shape index (κ2) is 7.40. The largest absolute Gasteiger partial charge is 0.379 e. The Kier molecular flexibility index (Phi) is 4.17. The highest BCUT2D eigenvalue weighted by Crippen LogP contribution is 2.24. The van der Waals surface area contributed by atoms with E-state index in [4.69, 9.17) is 7.48 Å². The highest BCUT2D eigenvalue weighted by molar-refractivity contribution is 7.14. The lowest BCUT2D eigenvalue weighted by Gasteiger charge is -2.25. The number of carbonyl (C=O) groups is 1. The van der Waals surface area contributed by atoms with Crippen LogP contribution in [0, 0.1) is 6.92 Å². The maximum atomic E-state index is 12.5. The quantitative estimate of drug-likeness (QED) is 0.745. The molecule has 3 aromatic heterocycles. The number of morpholine rings is 1. The van der Waals surface area contributed by atoms with Gasteiger partial charge in [-0.15, -0.1) is 10.2 Å². The van der Waals surface area contributed by atoms with Gasteiger partial charge in [-0.25, -0.2) is 9.97 Å². The first kappa shape index (κ1) is 14.7. The number of pyridine rings is 2. The Bertz CT molecular complexity index is 1020. The van der Waals surface area contributed by atoms with Crippen LogP contribution in [0.15, 0.2) is 24.4 Å². The third-order valence-electron chi connectivity index (χ3n) is 3.83. The minimum absolute atomic E-state index is 0.243. The summed E-state index contributed by atoms with van der Waals surface area (Å²) < 4.78 is 21.5. The molecule has 0 radical (unpaired) electrons. The van der Waals surface area contributed by atoms with Gasteiger partial charge in [-0.3, -0.25) is 9.69 Å². The van der Waals surface area contributed by atoms with Gasteiger partial charge in [-0.2, -0.15) is 0 Å². The number of carbonyl (C=O) groups excluding carboxylic acids is 1. The molecule has 0 saturated carbocycles. The standard InChI is InChI=1S/C17H18N6O2S/c1-11-21-22-17(26-11)13-3-2-12-9-18-15(8-14(12)19-13)20-16(24)10-23-4-6-25-7-5-23/h2-3,8-9H,4-7,10H2,1H3,(H,18,20,24)/i10D2. The van der Waals surface area contributed by atoms with Gasteiger partial charge >= 0.3 is 0 Å². The minimum atomic E-state index is -2.15. The molecule has 1 amide bonds. The number of nitrogens with one attached hydrogen (secondary N) is 1. The van der Waals surface area contributed by atoms with E-state index in [2.05, 4.69) is 25.5 Å². The number of nitrogens with zero attached hydrogens (tertiary/aromatic N) is 5. The molecular formula is C17H18N6O2S. The van der Waals surface area contributed by atoms with E-state index in [0.29, 0.717) is 42.5 Å². The van der Waals surface area contributed by atoms with E-state index < -0.39 is 12.4 Å². The molecule has 9 heteroatoms. The normalized spacial score (nSPS) is 17.0. The molecule has 1 fully saturated rings. The van der Waals surface area contributed by atoms with Crippen molar-refractivity contribution < 1.29 is 12.3 Å². The Hall–Kier alpha value is -2.49. The van der Waals surface area contributed by atoms with Crippen LogP contribution in [-0.2, 0) is 9.53 Å². The summed E-state index contributed by atoms with van der Waals surface area (Å²) in [6, 6.07) is 5.35. The van der Waals surface area contributed by atoms with Crippen molar-refractivity contribution in [3.63, 3.8) is 0 Å². The third kappa shape index (κ3) is 3.85. The summed E-state index contributed by atoms with van der Waals surface area (Å²) >= 11 is 1.45. The second-order valence-corrected chi connectivity index (χ2v) is 6.93. The molecule has 8 nitrogen and oxygen atoms in total. The van der Waals surface area contributed by atoms with Crippen molar-refractivity contribution in [3.05, 3.63) is 29.4 Å². The molecule has 4 rings (SSSR count). The van der Waals surface area contributed by atoms with Crippen LogP contribution in [0.5, 0.6) is 0 Å². The lowest BCUT2D eigenvalue weighted by Crippen LogP contribution is -2.41. The van der Waals surface area contributed by atoms with Crippen molar-refractivity contribution in [2.75, 3.05) is 38.1 Å². The Labute approximate surface area is 157 Å². The molecule has 0 aromatic carbocycles. The smallest absolute Gasteiger partial charge is 0.239 e. The number of ether oxygens (including phenoxy) is 1. The van der Waals surface area contributed by atoms with E-state index >= 15 is 0 Å². The highest BCUT2D eigenvalue weighted by Gasteiger charge is 2.15. The Morgan fingerprint density at radius 2 is 2.23 bits per heavy atom. The Morgan fingerprint density at radius 3 is 3.00 bits per heavy atom. The van der Waals surface area contributed by atoms with Crippen molar-refractivity contribution in [1.29, 1.82) is 0 Å². The molecule has 4 heterocycles. The molecular weight excluding hydrogens is 352 g/mol. The SMILES string of the molecule is [2H]C([2H])(C(=O)Nc1cc2nc(-c3nnc(C)s3)ccc2cn1)N1CCOCC1. The van der Waals surface area contributed by atoms with Crippen LogP contribution in [0.25, 0.3) is 21.6 Å². The summed E-state index contributed by atoms with van der Waals surface area (Å²) in [5.74, 6) is -0.523. The fourth-order valence-corrected chi connectivity index (χ4v) is 3.23. The van der Waals surface area contributed by atoms with E-state index in [-0.39, 0.29) is 5.82 Å². The predicted octanol–water partition coefficient (Wildman–Crippen LogP) is 1.73. The van der Waals surface area contributed by atoms with Gasteiger partial charge in [-0.05, 0) is 19.1 Å². The fourth-order valence-electron chi connectivity index (χ4n) is 2.57. The lowest BCUT2D eigenvalue weighted by atomic mass is 10.2. The maximum Gasteiger partial charge on any atom is 0.239 e. The molecule has 1 aliphatic rings. The van der Waals surface area contributed by atoms with Gasteiger partial charge in [-0.1, -0.05) is 11.3 Å². The number of fused-ring (bicyclic) bond motifs is 1. The maximum absolute atomic E-state index is 12.5. The van der Waals surface area contributed by atoms with Crippen molar-refractivity contribution >= 4 is 34.0 Å². The predicted molar refractivity (Wildman–Crippen MR) is 99.1 cm³/mol. The topological polar surface area (TPSA) is 93.1 Å². The monoisotopic (exact) mass is 372 g/mol. The molecule has 0 spiro atoms. The van der Waals surface area contributed by atoms with Crippen LogP contribution in [-0.4, -0.2) is 63.8 Å². The Morgan fingerprint density at radius 1 is 1.38 bits per heavy atom. The van der Waals surface area contributed by atoms with Crippen LogP contribution in [0.3, 0.4) is 0 Å². The second-order valence-electron chi connectivity index (χ2n) is 5.75. The van der Waals surface area contributed by atoms with Gasteiger partial charge in [0.2, 0.25) is 5.91 Å². The number of amides is 1. The zero-order chi connectivity index (χ0) is 19.7. The molecule has 0 atom stereocenters. The fraction of sp³-hybridized carbons (Fsp3) is 0.353. The zero-order valence-electron chi connectivity index (χ0n) is 16.1. The van der Waals surface area contributed by atoms with Gasteiger partial charge in [0, 0.05) is 30.7 Å². The molecule has 1 saturated heterocycles. The van der Waals surface area contributed by atoms with E-state index in [9.17, 15) is 4.79 Å². The van der Waals surface area contributed by atoms with Crippen LogP contribution in [0.4, 0.5) is 5.82 Å². The molecule has 0 bridgehead atoms. The first-order valence-electron chi connectivity index (χ1n) is 9.15. The number of rotatable bonds is 4. The van der Waals surface area contributed by atoms with E-state index in [1.165, 1.54) is 16.2 Å². The molecule has 134 valence electrons. The summed E-state index contributed by atoms with van der Waals surface area (Å²) in [7, 11) is 0. The van der Waals surface area contributed by atoms with Gasteiger partial charge in [0.05, 0.1) is 28.0 Å². The summed E-state index contributed by atoms with van der Waals surface area (Å²) in [4.78, 5) is 22.8. The minimum Gasteiger partial charge on any atom is -0.379 e. The molecule has 0 unspecified atom stereocenters. The van der Waals surface area contributed by atoms with Crippen LogP contribution in [0.2, 0.25) is 0 Å². The number of aromatic nitrogens is 4. The van der Waals surface area contributed by atoms with Crippen molar-refractivity contribution in [3.8, 4) is 10.7 Å². The number of hydrogen-bond donors (Lipinski definition) is 1. The molecule has 0 aliphatic carbocycles. The summed E-state index contributed by atoms with van der Waals surface area (Å²) in [6.07, 6.45) is 1.59.